The highest BCUT2D eigenvalue weighted by molar-refractivity contribution is 7.25. The van der Waals surface area contributed by atoms with Crippen molar-refractivity contribution in [1.82, 2.24) is 15.1 Å². The highest BCUT2D eigenvalue weighted by atomic mass is 31.1. The molecule has 3 aliphatic rings. The Labute approximate surface area is 340 Å². The highest BCUT2D eigenvalue weighted by Gasteiger charge is 2.59. The Morgan fingerprint density at radius 2 is 1.81 bits per heavy atom. The van der Waals surface area contributed by atoms with Crippen LogP contribution in [0.1, 0.15) is 86.1 Å². The van der Waals surface area contributed by atoms with Crippen LogP contribution >= 0.6 is 8.46 Å². The zero-order valence-electron chi connectivity index (χ0n) is 35.5. The molecule has 0 bridgehead atoms. The predicted octanol–water partition coefficient (Wildman–Crippen LogP) is 6.58. The summed E-state index contributed by atoms with van der Waals surface area (Å²) in [5.74, 6) is -3.26. The number of amides is 1. The molecular weight excluding hydrogens is 751 g/mol. The van der Waals surface area contributed by atoms with E-state index in [2.05, 4.69) is 22.3 Å². The summed E-state index contributed by atoms with van der Waals surface area (Å²) < 4.78 is 44.7. The standard InChI is InChI=1S/C41H65N6O9P/c1-11-32-41(7)35(47(39(50)56-41)20-16-15-19-44-45-42)30(22-29-17-13-12-14-18-29)43-24-25(2)23-40(6,52-10)36(27(4)33(48)28(5)37(49)54-32)55-38-34(57-51)31(46(8)9)21-26(3)53-38/h12-14,17-18,25-28,30-32,34-36,38,43H,11,15-16,19-24H2,1-10H3/t25-,26?,27+,28-,30-,31?,32-,34?,35-,36-,38+,40-,41-/m1/s1. The normalized spacial score (nSPS) is 37.1. The number of fused-ring (bicyclic) bond motifs is 1. The number of azide groups is 1. The lowest BCUT2D eigenvalue weighted by atomic mass is 9.78. The van der Waals surface area contributed by atoms with E-state index in [1.165, 1.54) is 6.92 Å². The van der Waals surface area contributed by atoms with Crippen LogP contribution in [0.3, 0.4) is 0 Å². The van der Waals surface area contributed by atoms with E-state index in [4.69, 9.17) is 29.2 Å². The lowest BCUT2D eigenvalue weighted by molar-refractivity contribution is -0.260. The number of unbranched alkanes of at least 4 members (excludes halogenated alkanes) is 1. The number of nitrogens with one attached hydrogen (secondary N) is 1. The molecule has 3 aliphatic heterocycles. The molecular formula is C41H65N6O9P. The van der Waals surface area contributed by atoms with Gasteiger partial charge in [0.15, 0.2) is 26.1 Å². The minimum atomic E-state index is -1.30. The summed E-state index contributed by atoms with van der Waals surface area (Å²) in [4.78, 5) is 49.1. The van der Waals surface area contributed by atoms with Gasteiger partial charge in [-0.05, 0) is 104 Å². The zero-order chi connectivity index (χ0) is 42.1. The molecule has 0 saturated carbocycles. The van der Waals surface area contributed by atoms with Crippen molar-refractivity contribution in [2.45, 2.75) is 147 Å². The molecule has 1 aromatic carbocycles. The molecule has 4 rings (SSSR count). The first-order chi connectivity index (χ1) is 27.0. The lowest BCUT2D eigenvalue weighted by Crippen LogP contribution is -2.62. The van der Waals surface area contributed by atoms with Crippen molar-refractivity contribution in [3.05, 3.63) is 46.3 Å². The highest BCUT2D eigenvalue weighted by Crippen LogP contribution is 2.41. The Bertz CT molecular complexity index is 1570. The van der Waals surface area contributed by atoms with E-state index in [9.17, 15) is 18.9 Å². The van der Waals surface area contributed by atoms with Crippen molar-refractivity contribution in [2.24, 2.45) is 22.9 Å². The fourth-order valence-electron chi connectivity index (χ4n) is 9.16. The van der Waals surface area contributed by atoms with Crippen LogP contribution in [0.2, 0.25) is 0 Å². The first-order valence-electron chi connectivity index (χ1n) is 20.4. The van der Waals surface area contributed by atoms with Gasteiger partial charge in [-0.2, -0.15) is 0 Å². The maximum atomic E-state index is 14.5. The fourth-order valence-corrected chi connectivity index (χ4v) is 9.92. The number of methoxy groups -OCH3 is 1. The van der Waals surface area contributed by atoms with Crippen molar-refractivity contribution >= 4 is 26.3 Å². The van der Waals surface area contributed by atoms with Gasteiger partial charge in [-0.25, -0.2) is 4.79 Å². The minimum absolute atomic E-state index is 0.0558. The van der Waals surface area contributed by atoms with Gasteiger partial charge in [0.25, 0.3) is 0 Å². The summed E-state index contributed by atoms with van der Waals surface area (Å²) in [6, 6.07) is 8.93. The summed E-state index contributed by atoms with van der Waals surface area (Å²) >= 11 is 0. The molecule has 3 saturated heterocycles. The molecule has 0 aromatic heterocycles. The molecule has 0 radical (unpaired) electrons. The Morgan fingerprint density at radius 3 is 2.42 bits per heavy atom. The SMILES string of the molecule is CC[C@H]1OC(=O)[C@H](C)C(=O)[C@H](C)[C@@H](O[C@@H]2OC(C)CC(N(C)C)C2P=O)[C@](C)(OC)C[C@@H](C)CN[C@H](Cc2ccccc2)[C@H]2N(CCCCN=[N+]=[N-])C(=O)O[C@]12C. The third-order valence-electron chi connectivity index (χ3n) is 12.3. The van der Waals surface area contributed by atoms with Crippen LogP contribution < -0.4 is 5.32 Å². The largest absolute Gasteiger partial charge is 0.458 e. The smallest absolute Gasteiger partial charge is 0.410 e. The summed E-state index contributed by atoms with van der Waals surface area (Å²) in [6.07, 6.45) is -0.361. The van der Waals surface area contributed by atoms with Gasteiger partial charge in [0, 0.05) is 43.1 Å². The number of ketones is 1. The summed E-state index contributed by atoms with van der Waals surface area (Å²) in [5, 5.41) is 7.47. The van der Waals surface area contributed by atoms with E-state index in [0.29, 0.717) is 58.2 Å². The molecule has 3 heterocycles. The number of esters is 1. The van der Waals surface area contributed by atoms with E-state index in [-0.39, 0.29) is 32.6 Å². The molecule has 3 fully saturated rings. The molecule has 1 amide bonds. The monoisotopic (exact) mass is 816 g/mol. The fraction of sp³-hybridized carbons (Fsp3) is 0.780. The number of benzene rings is 1. The molecule has 318 valence electrons. The van der Waals surface area contributed by atoms with Gasteiger partial charge in [-0.1, -0.05) is 56.2 Å². The van der Waals surface area contributed by atoms with Crippen LogP contribution in [0.5, 0.6) is 0 Å². The van der Waals surface area contributed by atoms with Crippen LogP contribution in [0.4, 0.5) is 4.79 Å². The Morgan fingerprint density at radius 1 is 1.11 bits per heavy atom. The van der Waals surface area contributed by atoms with Gasteiger partial charge in [0.2, 0.25) is 0 Å². The number of nitrogens with zero attached hydrogens (tertiary/aromatic N) is 5. The van der Waals surface area contributed by atoms with Gasteiger partial charge in [-0.15, -0.1) is 0 Å². The van der Waals surface area contributed by atoms with Crippen LogP contribution in [0.15, 0.2) is 35.4 Å². The number of cyclic esters (lactones) is 1. The first-order valence-corrected chi connectivity index (χ1v) is 21.3. The van der Waals surface area contributed by atoms with Gasteiger partial charge in [-0.3, -0.25) is 19.1 Å². The Hall–Kier alpha value is -3.16. The van der Waals surface area contributed by atoms with E-state index in [1.807, 2.05) is 77.0 Å². The number of ether oxygens (including phenoxy) is 5. The maximum Gasteiger partial charge on any atom is 0.410 e. The third-order valence-corrected chi connectivity index (χ3v) is 13.1. The number of Topliss-reactive ketones (excluding diaryl/α,β-unsaturated/α-hetero) is 1. The zero-order valence-corrected chi connectivity index (χ0v) is 36.4. The van der Waals surface area contributed by atoms with Gasteiger partial charge >= 0.3 is 12.1 Å². The van der Waals surface area contributed by atoms with Crippen LogP contribution in [-0.2, 0) is 44.3 Å². The molecule has 13 atom stereocenters. The Kier molecular flexibility index (Phi) is 16.9. The second kappa shape index (κ2) is 20.7. The summed E-state index contributed by atoms with van der Waals surface area (Å²) in [6.45, 7) is 14.0. The minimum Gasteiger partial charge on any atom is -0.458 e. The predicted molar refractivity (Wildman–Crippen MR) is 216 cm³/mol. The van der Waals surface area contributed by atoms with Crippen LogP contribution in [0.25, 0.3) is 10.4 Å². The van der Waals surface area contributed by atoms with Crippen LogP contribution in [-0.4, -0.2) is 128 Å². The van der Waals surface area contributed by atoms with Gasteiger partial charge in [0.05, 0.1) is 23.9 Å². The maximum absolute atomic E-state index is 14.5. The number of carbonyl (C=O) groups excluding carboxylic acids is 3. The first kappa shape index (κ1) is 46.5. The van der Waals surface area contributed by atoms with Gasteiger partial charge in [0.1, 0.15) is 17.7 Å². The van der Waals surface area contributed by atoms with E-state index >= 15 is 0 Å². The van der Waals surface area contributed by atoms with Crippen LogP contribution in [0, 0.1) is 17.8 Å². The molecule has 57 heavy (non-hydrogen) atoms. The molecule has 3 unspecified atom stereocenters. The van der Waals surface area contributed by atoms with Crippen molar-refractivity contribution in [3.63, 3.8) is 0 Å². The second-order valence-electron chi connectivity index (χ2n) is 16.9. The number of carbonyl (C=O) groups is 3. The van der Waals surface area contributed by atoms with Crippen molar-refractivity contribution in [1.29, 1.82) is 0 Å². The summed E-state index contributed by atoms with van der Waals surface area (Å²) in [7, 11) is 5.32. The van der Waals surface area contributed by atoms with Gasteiger partial charge < -0.3 is 33.9 Å². The quantitative estimate of drug-likeness (QED) is 0.0432. The molecule has 1 N–H and O–H groups in total. The number of hydrogen-bond acceptors (Lipinski definition) is 12. The lowest BCUT2D eigenvalue weighted by Gasteiger charge is -2.46. The van der Waals surface area contributed by atoms with E-state index in [1.54, 1.807) is 18.9 Å². The average Bonchev–Trinajstić information content (AvgIpc) is 3.44. The van der Waals surface area contributed by atoms with Crippen molar-refractivity contribution in [2.75, 3.05) is 40.8 Å². The Balaban J connectivity index is 1.80. The molecule has 15 nitrogen and oxygen atoms in total. The van der Waals surface area contributed by atoms with E-state index in [0.717, 1.165) is 5.56 Å². The number of hydrogen-bond donors (Lipinski definition) is 1. The third kappa shape index (κ3) is 10.9. The molecule has 0 aliphatic carbocycles. The van der Waals surface area contributed by atoms with Crippen molar-refractivity contribution < 1.29 is 42.6 Å². The number of rotatable bonds is 13. The topological polar surface area (TPSA) is 182 Å². The molecule has 0 spiro atoms. The summed E-state index contributed by atoms with van der Waals surface area (Å²) in [5.41, 5.74) is 6.94. The average molecular weight is 817 g/mol. The van der Waals surface area contributed by atoms with Crippen molar-refractivity contribution in [3.8, 4) is 0 Å². The second-order valence-corrected chi connectivity index (χ2v) is 17.7. The van der Waals surface area contributed by atoms with E-state index < -0.39 is 71.1 Å². The molecule has 1 aromatic rings. The molecule has 16 heteroatoms.